The van der Waals surface area contributed by atoms with E-state index in [0.29, 0.717) is 6.42 Å². The molecule has 0 aromatic heterocycles. The molecule has 0 bridgehead atoms. The number of amides is 1. The molecule has 0 saturated carbocycles. The number of para-hydroxylation sites is 1. The Morgan fingerprint density at radius 2 is 1.71 bits per heavy atom. The standard InChI is InChI=1S/C18H21NO2/c1-4-17(18(20)19-15-8-6-5-7-9-15)21-16-11-13(2)10-14(3)12-16/h5-12,17H,4H2,1-3H3,(H,19,20). The fourth-order valence-corrected chi connectivity index (χ4v) is 2.23. The van der Waals surface area contributed by atoms with Crippen LogP contribution < -0.4 is 10.1 Å². The molecule has 21 heavy (non-hydrogen) atoms. The van der Waals surface area contributed by atoms with Gasteiger partial charge < -0.3 is 10.1 Å². The van der Waals surface area contributed by atoms with Gasteiger partial charge in [0.25, 0.3) is 5.91 Å². The predicted octanol–water partition coefficient (Wildman–Crippen LogP) is 4.10. The van der Waals surface area contributed by atoms with E-state index < -0.39 is 6.10 Å². The molecular weight excluding hydrogens is 262 g/mol. The molecule has 0 saturated heterocycles. The molecule has 0 fully saturated rings. The zero-order valence-corrected chi connectivity index (χ0v) is 12.7. The quantitative estimate of drug-likeness (QED) is 0.897. The highest BCUT2D eigenvalue weighted by atomic mass is 16.5. The van der Waals surface area contributed by atoms with Crippen molar-refractivity contribution in [1.82, 2.24) is 0 Å². The average Bonchev–Trinajstić information content (AvgIpc) is 2.44. The summed E-state index contributed by atoms with van der Waals surface area (Å²) in [6, 6.07) is 15.4. The number of hydrogen-bond donors (Lipinski definition) is 1. The maximum Gasteiger partial charge on any atom is 0.265 e. The summed E-state index contributed by atoms with van der Waals surface area (Å²) in [6.45, 7) is 5.98. The lowest BCUT2D eigenvalue weighted by molar-refractivity contribution is -0.122. The van der Waals surface area contributed by atoms with Crippen molar-refractivity contribution in [3.63, 3.8) is 0 Å². The van der Waals surface area contributed by atoms with Gasteiger partial charge in [0.05, 0.1) is 0 Å². The topological polar surface area (TPSA) is 38.3 Å². The Bertz CT molecular complexity index is 588. The molecule has 0 aliphatic rings. The molecule has 0 heterocycles. The second-order valence-electron chi connectivity index (χ2n) is 5.19. The summed E-state index contributed by atoms with van der Waals surface area (Å²) in [5, 5.41) is 2.88. The zero-order valence-electron chi connectivity index (χ0n) is 12.7. The van der Waals surface area contributed by atoms with Crippen LogP contribution in [0, 0.1) is 13.8 Å². The molecule has 2 aromatic rings. The largest absolute Gasteiger partial charge is 0.481 e. The number of hydrogen-bond acceptors (Lipinski definition) is 2. The lowest BCUT2D eigenvalue weighted by atomic mass is 10.1. The van der Waals surface area contributed by atoms with Crippen molar-refractivity contribution in [2.24, 2.45) is 0 Å². The van der Waals surface area contributed by atoms with E-state index in [-0.39, 0.29) is 5.91 Å². The number of benzene rings is 2. The van der Waals surface area contributed by atoms with Crippen LogP contribution in [0.15, 0.2) is 48.5 Å². The highest BCUT2D eigenvalue weighted by Crippen LogP contribution is 2.19. The SMILES string of the molecule is CCC(Oc1cc(C)cc(C)c1)C(=O)Nc1ccccc1. The van der Waals surface area contributed by atoms with Gasteiger partial charge in [-0.3, -0.25) is 4.79 Å². The molecule has 1 unspecified atom stereocenters. The third-order valence-electron chi connectivity index (χ3n) is 3.18. The smallest absolute Gasteiger partial charge is 0.265 e. The molecule has 1 amide bonds. The van der Waals surface area contributed by atoms with Crippen LogP contribution in [0.5, 0.6) is 5.75 Å². The summed E-state index contributed by atoms with van der Waals surface area (Å²) < 4.78 is 5.85. The Kier molecular flexibility index (Phi) is 4.99. The summed E-state index contributed by atoms with van der Waals surface area (Å²) >= 11 is 0. The third kappa shape index (κ3) is 4.35. The van der Waals surface area contributed by atoms with Crippen LogP contribution in [0.4, 0.5) is 5.69 Å². The van der Waals surface area contributed by atoms with Gasteiger partial charge in [0.2, 0.25) is 0 Å². The van der Waals surface area contributed by atoms with Crippen LogP contribution >= 0.6 is 0 Å². The van der Waals surface area contributed by atoms with Crippen molar-refractivity contribution >= 4 is 11.6 Å². The average molecular weight is 283 g/mol. The highest BCUT2D eigenvalue weighted by molar-refractivity contribution is 5.94. The monoisotopic (exact) mass is 283 g/mol. The number of nitrogens with one attached hydrogen (secondary N) is 1. The van der Waals surface area contributed by atoms with E-state index in [0.717, 1.165) is 22.6 Å². The summed E-state index contributed by atoms with van der Waals surface area (Å²) in [4.78, 5) is 12.3. The summed E-state index contributed by atoms with van der Waals surface area (Å²) in [7, 11) is 0. The molecule has 0 aliphatic heterocycles. The van der Waals surface area contributed by atoms with Gasteiger partial charge in [-0.05, 0) is 55.7 Å². The van der Waals surface area contributed by atoms with Crippen molar-refractivity contribution in [2.45, 2.75) is 33.3 Å². The van der Waals surface area contributed by atoms with Gasteiger partial charge in [0, 0.05) is 5.69 Å². The number of rotatable bonds is 5. The molecule has 1 N–H and O–H groups in total. The first-order chi connectivity index (χ1) is 10.1. The van der Waals surface area contributed by atoms with E-state index in [1.54, 1.807) is 0 Å². The van der Waals surface area contributed by atoms with E-state index in [1.165, 1.54) is 0 Å². The van der Waals surface area contributed by atoms with Gasteiger partial charge in [0.1, 0.15) is 5.75 Å². The molecule has 2 aromatic carbocycles. The Morgan fingerprint density at radius 1 is 1.10 bits per heavy atom. The van der Waals surface area contributed by atoms with E-state index >= 15 is 0 Å². The molecule has 1 atom stereocenters. The minimum Gasteiger partial charge on any atom is -0.481 e. The minimum atomic E-state index is -0.494. The lowest BCUT2D eigenvalue weighted by Gasteiger charge is -2.18. The Labute approximate surface area is 126 Å². The van der Waals surface area contributed by atoms with Gasteiger partial charge in [-0.2, -0.15) is 0 Å². The molecule has 0 spiro atoms. The molecule has 0 radical (unpaired) electrons. The zero-order chi connectivity index (χ0) is 15.2. The van der Waals surface area contributed by atoms with Gasteiger partial charge in [-0.25, -0.2) is 0 Å². The second kappa shape index (κ2) is 6.93. The Hall–Kier alpha value is -2.29. The van der Waals surface area contributed by atoms with Gasteiger partial charge in [-0.15, -0.1) is 0 Å². The number of aryl methyl sites for hydroxylation is 2. The van der Waals surface area contributed by atoms with Crippen LogP contribution in [0.25, 0.3) is 0 Å². The van der Waals surface area contributed by atoms with E-state index in [1.807, 2.05) is 63.2 Å². The van der Waals surface area contributed by atoms with Crippen LogP contribution in [0.3, 0.4) is 0 Å². The first-order valence-electron chi connectivity index (χ1n) is 7.19. The predicted molar refractivity (Wildman–Crippen MR) is 85.7 cm³/mol. The highest BCUT2D eigenvalue weighted by Gasteiger charge is 2.18. The van der Waals surface area contributed by atoms with E-state index in [9.17, 15) is 4.79 Å². The molecule has 3 nitrogen and oxygen atoms in total. The van der Waals surface area contributed by atoms with Crippen LogP contribution in [-0.2, 0) is 4.79 Å². The number of anilines is 1. The maximum absolute atomic E-state index is 12.3. The summed E-state index contributed by atoms with van der Waals surface area (Å²) in [5.41, 5.74) is 3.04. The van der Waals surface area contributed by atoms with E-state index in [2.05, 4.69) is 11.4 Å². The van der Waals surface area contributed by atoms with Crippen LogP contribution in [-0.4, -0.2) is 12.0 Å². The van der Waals surface area contributed by atoms with Crippen LogP contribution in [0.2, 0.25) is 0 Å². The first-order valence-corrected chi connectivity index (χ1v) is 7.19. The van der Waals surface area contributed by atoms with Crippen molar-refractivity contribution in [2.75, 3.05) is 5.32 Å². The molecule has 110 valence electrons. The minimum absolute atomic E-state index is 0.122. The second-order valence-corrected chi connectivity index (χ2v) is 5.19. The lowest BCUT2D eigenvalue weighted by Crippen LogP contribution is -2.32. The van der Waals surface area contributed by atoms with Gasteiger partial charge >= 0.3 is 0 Å². The normalized spacial score (nSPS) is 11.8. The van der Waals surface area contributed by atoms with Crippen molar-refractivity contribution in [1.29, 1.82) is 0 Å². The number of ether oxygens (including phenoxy) is 1. The van der Waals surface area contributed by atoms with Crippen molar-refractivity contribution in [3.05, 3.63) is 59.7 Å². The first kappa shape index (κ1) is 15.1. The number of carbonyl (C=O) groups is 1. The maximum atomic E-state index is 12.3. The molecule has 0 aliphatic carbocycles. The van der Waals surface area contributed by atoms with Crippen LogP contribution in [0.1, 0.15) is 24.5 Å². The Morgan fingerprint density at radius 3 is 2.29 bits per heavy atom. The molecule has 2 rings (SSSR count). The Balaban J connectivity index is 2.07. The van der Waals surface area contributed by atoms with Crippen molar-refractivity contribution in [3.8, 4) is 5.75 Å². The third-order valence-corrected chi connectivity index (χ3v) is 3.18. The fourth-order valence-electron chi connectivity index (χ4n) is 2.23. The van der Waals surface area contributed by atoms with Crippen molar-refractivity contribution < 1.29 is 9.53 Å². The number of carbonyl (C=O) groups excluding carboxylic acids is 1. The van der Waals surface area contributed by atoms with E-state index in [4.69, 9.17) is 4.74 Å². The van der Waals surface area contributed by atoms with Gasteiger partial charge in [0.15, 0.2) is 6.10 Å². The summed E-state index contributed by atoms with van der Waals surface area (Å²) in [6.07, 6.45) is 0.123. The molecular formula is C18H21NO2. The van der Waals surface area contributed by atoms with Gasteiger partial charge in [-0.1, -0.05) is 31.2 Å². The summed E-state index contributed by atoms with van der Waals surface area (Å²) in [5.74, 6) is 0.616. The fraction of sp³-hybridized carbons (Fsp3) is 0.278. The molecule has 3 heteroatoms.